The van der Waals surface area contributed by atoms with Crippen molar-refractivity contribution in [2.75, 3.05) is 26.2 Å². The molecular weight excluding hydrogens is 258 g/mol. The van der Waals surface area contributed by atoms with Crippen LogP contribution in [-0.4, -0.2) is 54.2 Å². The van der Waals surface area contributed by atoms with E-state index in [9.17, 15) is 9.59 Å². The lowest BCUT2D eigenvalue weighted by molar-refractivity contribution is -0.143. The lowest BCUT2D eigenvalue weighted by Crippen LogP contribution is -2.49. The highest BCUT2D eigenvalue weighted by Gasteiger charge is 2.31. The molecule has 6 heteroatoms. The molecule has 2 aliphatic rings. The fraction of sp³-hybridized carbons (Fsp3) is 0.857. The number of urea groups is 1. The molecule has 0 aromatic carbocycles. The SMILES string of the molecule is O=C(NCCN1CCCC1)NC1CCCCC1C(=O)O. The van der Waals surface area contributed by atoms with Gasteiger partial charge >= 0.3 is 12.0 Å². The minimum Gasteiger partial charge on any atom is -0.481 e. The summed E-state index contributed by atoms with van der Waals surface area (Å²) in [6, 6.07) is -0.463. The van der Waals surface area contributed by atoms with Crippen molar-refractivity contribution in [1.29, 1.82) is 0 Å². The molecule has 2 atom stereocenters. The van der Waals surface area contributed by atoms with Gasteiger partial charge in [0.1, 0.15) is 0 Å². The summed E-state index contributed by atoms with van der Waals surface area (Å²) >= 11 is 0. The van der Waals surface area contributed by atoms with Crippen LogP contribution in [0.15, 0.2) is 0 Å². The molecule has 1 heterocycles. The Kier molecular flexibility index (Phi) is 5.64. The first-order valence-corrected chi connectivity index (χ1v) is 7.66. The van der Waals surface area contributed by atoms with E-state index in [1.165, 1.54) is 12.8 Å². The molecule has 20 heavy (non-hydrogen) atoms. The van der Waals surface area contributed by atoms with Gasteiger partial charge in [0, 0.05) is 19.1 Å². The monoisotopic (exact) mass is 283 g/mol. The number of hydrogen-bond acceptors (Lipinski definition) is 3. The molecule has 3 N–H and O–H groups in total. The maximum Gasteiger partial charge on any atom is 0.315 e. The van der Waals surface area contributed by atoms with Crippen LogP contribution in [0.1, 0.15) is 38.5 Å². The smallest absolute Gasteiger partial charge is 0.315 e. The first-order chi connectivity index (χ1) is 9.66. The van der Waals surface area contributed by atoms with Crippen molar-refractivity contribution in [3.8, 4) is 0 Å². The van der Waals surface area contributed by atoms with Gasteiger partial charge in [-0.1, -0.05) is 12.8 Å². The number of carboxylic acids is 1. The summed E-state index contributed by atoms with van der Waals surface area (Å²) in [7, 11) is 0. The first-order valence-electron chi connectivity index (χ1n) is 7.66. The zero-order chi connectivity index (χ0) is 14.4. The molecule has 1 saturated heterocycles. The number of amides is 2. The molecule has 0 aromatic rings. The van der Waals surface area contributed by atoms with Crippen LogP contribution in [0.3, 0.4) is 0 Å². The van der Waals surface area contributed by atoms with E-state index in [1.807, 2.05) is 0 Å². The van der Waals surface area contributed by atoms with Gasteiger partial charge in [0.05, 0.1) is 5.92 Å². The van der Waals surface area contributed by atoms with E-state index in [1.54, 1.807) is 0 Å². The number of carboxylic acid groups (broad SMARTS) is 1. The van der Waals surface area contributed by atoms with Crippen molar-refractivity contribution in [3.05, 3.63) is 0 Å². The Hall–Kier alpha value is -1.30. The Labute approximate surface area is 119 Å². The molecule has 2 fully saturated rings. The van der Waals surface area contributed by atoms with Gasteiger partial charge in [-0.05, 0) is 38.8 Å². The Bertz CT molecular complexity index is 343. The highest BCUT2D eigenvalue weighted by atomic mass is 16.4. The molecule has 0 radical (unpaired) electrons. The number of carbonyl (C=O) groups is 2. The molecule has 6 nitrogen and oxygen atoms in total. The third-order valence-corrected chi connectivity index (χ3v) is 4.31. The molecular formula is C14H25N3O3. The summed E-state index contributed by atoms with van der Waals surface area (Å²) in [4.78, 5) is 25.3. The van der Waals surface area contributed by atoms with Crippen molar-refractivity contribution in [1.82, 2.24) is 15.5 Å². The van der Waals surface area contributed by atoms with Gasteiger partial charge in [0.25, 0.3) is 0 Å². The van der Waals surface area contributed by atoms with E-state index in [2.05, 4.69) is 15.5 Å². The number of likely N-dealkylation sites (tertiary alicyclic amines) is 1. The summed E-state index contributed by atoms with van der Waals surface area (Å²) in [5.41, 5.74) is 0. The van der Waals surface area contributed by atoms with Crippen molar-refractivity contribution in [3.63, 3.8) is 0 Å². The molecule has 1 saturated carbocycles. The fourth-order valence-electron chi connectivity index (χ4n) is 3.15. The summed E-state index contributed by atoms with van der Waals surface area (Å²) in [5, 5.41) is 14.8. The van der Waals surface area contributed by atoms with Gasteiger partial charge in [-0.15, -0.1) is 0 Å². The van der Waals surface area contributed by atoms with Gasteiger partial charge in [0.2, 0.25) is 0 Å². The van der Waals surface area contributed by atoms with Crippen LogP contribution < -0.4 is 10.6 Å². The topological polar surface area (TPSA) is 81.7 Å². The average molecular weight is 283 g/mol. The van der Waals surface area contributed by atoms with Gasteiger partial charge < -0.3 is 20.6 Å². The second kappa shape index (κ2) is 7.47. The van der Waals surface area contributed by atoms with Crippen molar-refractivity contribution in [2.24, 2.45) is 5.92 Å². The maximum absolute atomic E-state index is 11.8. The predicted molar refractivity (Wildman–Crippen MR) is 75.6 cm³/mol. The van der Waals surface area contributed by atoms with E-state index in [0.717, 1.165) is 38.9 Å². The lowest BCUT2D eigenvalue weighted by Gasteiger charge is -2.29. The largest absolute Gasteiger partial charge is 0.481 e. The van der Waals surface area contributed by atoms with E-state index in [4.69, 9.17) is 5.11 Å². The second-order valence-corrected chi connectivity index (χ2v) is 5.78. The summed E-state index contributed by atoms with van der Waals surface area (Å²) in [6.07, 6.45) is 5.84. The van der Waals surface area contributed by atoms with E-state index < -0.39 is 11.9 Å². The molecule has 2 rings (SSSR count). The predicted octanol–water partition coefficient (Wildman–Crippen LogP) is 1.02. The van der Waals surface area contributed by atoms with E-state index in [-0.39, 0.29) is 12.1 Å². The second-order valence-electron chi connectivity index (χ2n) is 5.78. The molecule has 2 unspecified atom stereocenters. The number of nitrogens with one attached hydrogen (secondary N) is 2. The van der Waals surface area contributed by atoms with Gasteiger partial charge in [-0.2, -0.15) is 0 Å². The Morgan fingerprint density at radius 1 is 1.10 bits per heavy atom. The van der Waals surface area contributed by atoms with Gasteiger partial charge in [-0.25, -0.2) is 4.79 Å². The number of hydrogen-bond donors (Lipinski definition) is 3. The zero-order valence-electron chi connectivity index (χ0n) is 11.9. The number of aliphatic carboxylic acids is 1. The summed E-state index contributed by atoms with van der Waals surface area (Å²) in [5.74, 6) is -1.24. The molecule has 1 aliphatic carbocycles. The van der Waals surface area contributed by atoms with Crippen molar-refractivity contribution >= 4 is 12.0 Å². The third-order valence-electron chi connectivity index (χ3n) is 4.31. The summed E-state index contributed by atoms with van der Waals surface area (Å²) in [6.45, 7) is 3.73. The minimum atomic E-state index is -0.799. The molecule has 1 aliphatic heterocycles. The number of carbonyl (C=O) groups excluding carboxylic acids is 1. The third kappa shape index (κ3) is 4.37. The minimum absolute atomic E-state index is 0.229. The Balaban J connectivity index is 1.68. The van der Waals surface area contributed by atoms with Crippen molar-refractivity contribution in [2.45, 2.75) is 44.6 Å². The highest BCUT2D eigenvalue weighted by Crippen LogP contribution is 2.24. The summed E-state index contributed by atoms with van der Waals surface area (Å²) < 4.78 is 0. The van der Waals surface area contributed by atoms with Gasteiger partial charge in [-0.3, -0.25) is 4.79 Å². The molecule has 0 aromatic heterocycles. The standard InChI is InChI=1S/C14H25N3O3/c18-13(19)11-5-1-2-6-12(11)16-14(20)15-7-10-17-8-3-4-9-17/h11-12H,1-10H2,(H,18,19)(H2,15,16,20). The molecule has 2 amide bonds. The Morgan fingerprint density at radius 3 is 2.50 bits per heavy atom. The van der Waals surface area contributed by atoms with Crippen LogP contribution in [0.2, 0.25) is 0 Å². The van der Waals surface area contributed by atoms with Crippen LogP contribution in [0.25, 0.3) is 0 Å². The molecule has 0 bridgehead atoms. The molecule has 0 spiro atoms. The fourth-order valence-corrected chi connectivity index (χ4v) is 3.15. The van der Waals surface area contributed by atoms with Crippen LogP contribution in [-0.2, 0) is 4.79 Å². The normalized spacial score (nSPS) is 27.2. The van der Waals surface area contributed by atoms with Crippen LogP contribution >= 0.6 is 0 Å². The highest BCUT2D eigenvalue weighted by molar-refractivity contribution is 5.76. The number of nitrogens with zero attached hydrogens (tertiary/aromatic N) is 1. The maximum atomic E-state index is 11.8. The quantitative estimate of drug-likeness (QED) is 0.704. The average Bonchev–Trinajstić information content (AvgIpc) is 2.92. The Morgan fingerprint density at radius 2 is 1.80 bits per heavy atom. The van der Waals surface area contributed by atoms with E-state index >= 15 is 0 Å². The van der Waals surface area contributed by atoms with E-state index in [0.29, 0.717) is 13.0 Å². The number of rotatable bonds is 5. The lowest BCUT2D eigenvalue weighted by atomic mass is 9.84. The van der Waals surface area contributed by atoms with Crippen LogP contribution in [0.5, 0.6) is 0 Å². The molecule has 114 valence electrons. The van der Waals surface area contributed by atoms with Crippen LogP contribution in [0.4, 0.5) is 4.79 Å². The van der Waals surface area contributed by atoms with Crippen molar-refractivity contribution < 1.29 is 14.7 Å². The van der Waals surface area contributed by atoms with Crippen LogP contribution in [0, 0.1) is 5.92 Å². The zero-order valence-corrected chi connectivity index (χ0v) is 11.9. The first kappa shape index (κ1) is 15.1. The van der Waals surface area contributed by atoms with Gasteiger partial charge in [0.15, 0.2) is 0 Å².